The van der Waals surface area contributed by atoms with Gasteiger partial charge >= 0.3 is 5.97 Å². The number of nitrogens with zero attached hydrogens (tertiary/aromatic N) is 1. The lowest BCUT2D eigenvalue weighted by Crippen LogP contribution is -2.45. The number of benzene rings is 1. The third-order valence-corrected chi connectivity index (χ3v) is 6.58. The highest BCUT2D eigenvalue weighted by atomic mass is 35.5. The predicted molar refractivity (Wildman–Crippen MR) is 92.4 cm³/mol. The van der Waals surface area contributed by atoms with Gasteiger partial charge in [-0.1, -0.05) is 29.8 Å². The van der Waals surface area contributed by atoms with E-state index in [-0.39, 0.29) is 11.8 Å². The van der Waals surface area contributed by atoms with Crippen molar-refractivity contribution in [2.45, 2.75) is 25.7 Å². The molecule has 1 aromatic rings. The molecule has 1 amide bonds. The number of rotatable bonds is 4. The molecule has 0 bridgehead atoms. The zero-order valence-electron chi connectivity index (χ0n) is 14.0. The number of hydrogen-bond donors (Lipinski definition) is 1. The van der Waals surface area contributed by atoms with Gasteiger partial charge in [0.05, 0.1) is 17.4 Å². The fourth-order valence-corrected chi connectivity index (χ4v) is 4.62. The number of hydrogen-bond acceptors (Lipinski definition) is 3. The van der Waals surface area contributed by atoms with E-state index in [1.165, 1.54) is 0 Å². The topological polar surface area (TPSA) is 66.8 Å². The number of likely N-dealkylation sites (tertiary alicyclic amines) is 1. The van der Waals surface area contributed by atoms with Gasteiger partial charge in [-0.2, -0.15) is 0 Å². The molecule has 134 valence electrons. The summed E-state index contributed by atoms with van der Waals surface area (Å²) in [4.78, 5) is 26.9. The molecular formula is C19H22ClNO4. The Kier molecular flexibility index (Phi) is 4.04. The van der Waals surface area contributed by atoms with E-state index in [0.29, 0.717) is 44.2 Å². The zero-order chi connectivity index (χ0) is 17.7. The van der Waals surface area contributed by atoms with Crippen LogP contribution in [0.15, 0.2) is 24.3 Å². The summed E-state index contributed by atoms with van der Waals surface area (Å²) in [5.41, 5.74) is -0.254. The van der Waals surface area contributed by atoms with Gasteiger partial charge in [-0.3, -0.25) is 9.59 Å². The summed E-state index contributed by atoms with van der Waals surface area (Å²) < 4.78 is 5.48. The summed E-state index contributed by atoms with van der Waals surface area (Å²) in [6, 6.07) is 7.63. The van der Waals surface area contributed by atoms with Crippen molar-refractivity contribution in [1.82, 2.24) is 4.90 Å². The van der Waals surface area contributed by atoms with Crippen molar-refractivity contribution in [3.05, 3.63) is 34.9 Å². The smallest absolute Gasteiger partial charge is 0.311 e. The van der Waals surface area contributed by atoms with Crippen LogP contribution in [0.4, 0.5) is 0 Å². The van der Waals surface area contributed by atoms with Gasteiger partial charge in [-0.25, -0.2) is 0 Å². The normalized spacial score (nSPS) is 30.0. The van der Waals surface area contributed by atoms with Gasteiger partial charge in [-0.15, -0.1) is 0 Å². The van der Waals surface area contributed by atoms with E-state index in [1.807, 2.05) is 24.3 Å². The van der Waals surface area contributed by atoms with Crippen LogP contribution in [0, 0.1) is 16.7 Å². The van der Waals surface area contributed by atoms with Gasteiger partial charge in [0.25, 0.3) is 0 Å². The third-order valence-electron chi connectivity index (χ3n) is 6.21. The molecule has 0 radical (unpaired) electrons. The van der Waals surface area contributed by atoms with Crippen LogP contribution in [0.1, 0.15) is 24.8 Å². The van der Waals surface area contributed by atoms with E-state index in [1.54, 1.807) is 4.90 Å². The van der Waals surface area contributed by atoms with Crippen molar-refractivity contribution in [3.8, 4) is 0 Å². The first-order valence-electron chi connectivity index (χ1n) is 8.81. The molecule has 4 rings (SSSR count). The number of amides is 1. The molecule has 2 heterocycles. The number of fused-ring (bicyclic) bond motifs is 1. The number of halogens is 1. The molecule has 1 aromatic carbocycles. The molecule has 6 heteroatoms. The van der Waals surface area contributed by atoms with Crippen LogP contribution in [0.25, 0.3) is 0 Å². The van der Waals surface area contributed by atoms with Gasteiger partial charge in [0, 0.05) is 30.6 Å². The van der Waals surface area contributed by atoms with E-state index >= 15 is 0 Å². The Labute approximate surface area is 151 Å². The van der Waals surface area contributed by atoms with E-state index in [4.69, 9.17) is 16.3 Å². The quantitative estimate of drug-likeness (QED) is 0.893. The highest BCUT2D eigenvalue weighted by molar-refractivity contribution is 6.31. The molecule has 2 aliphatic heterocycles. The number of aliphatic carboxylic acids is 1. The van der Waals surface area contributed by atoms with Crippen LogP contribution in [0.3, 0.4) is 0 Å². The van der Waals surface area contributed by atoms with Crippen LogP contribution in [0.2, 0.25) is 5.02 Å². The van der Waals surface area contributed by atoms with E-state index < -0.39 is 16.8 Å². The minimum atomic E-state index is -0.839. The molecule has 2 atom stereocenters. The molecule has 0 aromatic heterocycles. The number of ether oxygens (including phenoxy) is 1. The van der Waals surface area contributed by atoms with Gasteiger partial charge in [0.2, 0.25) is 5.91 Å². The number of carboxylic acids is 1. The lowest BCUT2D eigenvalue weighted by Gasteiger charge is -2.34. The first-order chi connectivity index (χ1) is 12.0. The molecule has 1 aliphatic carbocycles. The Morgan fingerprint density at radius 1 is 1.28 bits per heavy atom. The van der Waals surface area contributed by atoms with Crippen molar-refractivity contribution < 1.29 is 19.4 Å². The SMILES string of the molecule is O=C(N1C[C@H]2COCC[C@@]2(C(=O)O)C1)C1(Cc2ccccc2Cl)CC1. The lowest BCUT2D eigenvalue weighted by atomic mass is 9.74. The maximum Gasteiger partial charge on any atom is 0.311 e. The third kappa shape index (κ3) is 2.74. The number of carbonyl (C=O) groups excluding carboxylic acids is 1. The second kappa shape index (κ2) is 5.99. The van der Waals surface area contributed by atoms with Crippen molar-refractivity contribution in [2.24, 2.45) is 16.7 Å². The fraction of sp³-hybridized carbons (Fsp3) is 0.579. The molecule has 0 spiro atoms. The number of carbonyl (C=O) groups is 2. The molecule has 1 N–H and O–H groups in total. The van der Waals surface area contributed by atoms with Gasteiger partial charge < -0.3 is 14.7 Å². The zero-order valence-corrected chi connectivity index (χ0v) is 14.8. The van der Waals surface area contributed by atoms with Crippen LogP contribution in [-0.4, -0.2) is 48.2 Å². The Balaban J connectivity index is 1.53. The first kappa shape index (κ1) is 16.9. The molecule has 2 saturated heterocycles. The molecule has 3 fully saturated rings. The second-order valence-electron chi connectivity index (χ2n) is 7.72. The van der Waals surface area contributed by atoms with E-state index in [0.717, 1.165) is 18.4 Å². The molecule has 5 nitrogen and oxygen atoms in total. The van der Waals surface area contributed by atoms with Crippen molar-refractivity contribution in [2.75, 3.05) is 26.3 Å². The van der Waals surface area contributed by atoms with Crippen LogP contribution < -0.4 is 0 Å². The van der Waals surface area contributed by atoms with Crippen LogP contribution >= 0.6 is 11.6 Å². The van der Waals surface area contributed by atoms with Crippen molar-refractivity contribution >= 4 is 23.5 Å². The summed E-state index contributed by atoms with van der Waals surface area (Å²) >= 11 is 6.27. The molecule has 1 saturated carbocycles. The maximum atomic E-state index is 13.2. The second-order valence-corrected chi connectivity index (χ2v) is 8.12. The maximum absolute atomic E-state index is 13.2. The van der Waals surface area contributed by atoms with Crippen molar-refractivity contribution in [3.63, 3.8) is 0 Å². The highest BCUT2D eigenvalue weighted by Crippen LogP contribution is 2.53. The van der Waals surface area contributed by atoms with Gasteiger partial charge in [0.15, 0.2) is 0 Å². The number of carboxylic acid groups (broad SMARTS) is 1. The Morgan fingerprint density at radius 3 is 2.68 bits per heavy atom. The molecular weight excluding hydrogens is 342 g/mol. The lowest BCUT2D eigenvalue weighted by molar-refractivity contribution is -0.157. The summed E-state index contributed by atoms with van der Waals surface area (Å²) in [7, 11) is 0. The minimum Gasteiger partial charge on any atom is -0.481 e. The predicted octanol–water partition coefficient (Wildman–Crippen LogP) is 2.61. The summed E-state index contributed by atoms with van der Waals surface area (Å²) in [5, 5.41) is 10.5. The van der Waals surface area contributed by atoms with Gasteiger partial charge in [0.1, 0.15) is 0 Å². The van der Waals surface area contributed by atoms with Gasteiger partial charge in [-0.05, 0) is 37.3 Å². The first-order valence-corrected chi connectivity index (χ1v) is 9.19. The standard InChI is InChI=1S/C19H22ClNO4/c20-15-4-2-1-3-13(15)9-18(5-6-18)16(22)21-10-14-11-25-8-7-19(14,12-21)17(23)24/h1-4,14H,5-12H2,(H,23,24)/t14-,19+/m0/s1. The van der Waals surface area contributed by atoms with E-state index in [9.17, 15) is 14.7 Å². The monoisotopic (exact) mass is 363 g/mol. The fourth-order valence-electron chi connectivity index (χ4n) is 4.41. The molecule has 25 heavy (non-hydrogen) atoms. The summed E-state index contributed by atoms with van der Waals surface area (Å²) in [5.74, 6) is -0.826. The molecule has 3 aliphatic rings. The summed E-state index contributed by atoms with van der Waals surface area (Å²) in [6.07, 6.45) is 2.79. The molecule has 0 unspecified atom stereocenters. The van der Waals surface area contributed by atoms with Crippen LogP contribution in [-0.2, 0) is 20.7 Å². The Morgan fingerprint density at radius 2 is 2.04 bits per heavy atom. The minimum absolute atomic E-state index is 0.0856. The highest BCUT2D eigenvalue weighted by Gasteiger charge is 2.59. The average molecular weight is 364 g/mol. The average Bonchev–Trinajstić information content (AvgIpc) is 3.26. The van der Waals surface area contributed by atoms with E-state index in [2.05, 4.69) is 0 Å². The van der Waals surface area contributed by atoms with Crippen molar-refractivity contribution in [1.29, 1.82) is 0 Å². The Hall–Kier alpha value is -1.59. The Bertz CT molecular complexity index is 717. The summed E-state index contributed by atoms with van der Waals surface area (Å²) in [6.45, 7) is 1.66. The van der Waals surface area contributed by atoms with Crippen LogP contribution in [0.5, 0.6) is 0 Å². The largest absolute Gasteiger partial charge is 0.481 e.